The predicted molar refractivity (Wildman–Crippen MR) is 86.8 cm³/mol. The second-order valence-electron chi connectivity index (χ2n) is 5.95. The molecule has 6 heteroatoms. The van der Waals surface area contributed by atoms with Crippen molar-refractivity contribution in [2.75, 3.05) is 0 Å². The zero-order valence-electron chi connectivity index (χ0n) is 12.2. The molecule has 0 aliphatic heterocycles. The second kappa shape index (κ2) is 5.60. The summed E-state index contributed by atoms with van der Waals surface area (Å²) in [5.41, 5.74) is 1.53. The Hall–Kier alpha value is -1.52. The molecule has 3 rings (SSSR count). The Morgan fingerprint density at radius 3 is 2.77 bits per heavy atom. The molecule has 1 atom stereocenters. The third-order valence-corrected chi connectivity index (χ3v) is 5.23. The van der Waals surface area contributed by atoms with Crippen molar-refractivity contribution in [2.45, 2.75) is 30.8 Å². The van der Waals surface area contributed by atoms with Crippen molar-refractivity contribution < 1.29 is 4.79 Å². The van der Waals surface area contributed by atoms with Crippen molar-refractivity contribution in [3.05, 3.63) is 54.1 Å². The van der Waals surface area contributed by atoms with E-state index in [0.29, 0.717) is 13.0 Å². The smallest absolute Gasteiger partial charge is 0.229 e. The topological polar surface area (TPSA) is 46.9 Å². The number of imidazole rings is 1. The zero-order valence-corrected chi connectivity index (χ0v) is 13.7. The first-order chi connectivity index (χ1) is 10.4. The number of amides is 1. The molecule has 1 N–H and O–H groups in total. The molecule has 0 saturated heterocycles. The molecule has 1 fully saturated rings. The Morgan fingerprint density at radius 1 is 1.41 bits per heavy atom. The normalized spacial score (nSPS) is 22.3. The van der Waals surface area contributed by atoms with E-state index in [1.165, 1.54) is 0 Å². The van der Waals surface area contributed by atoms with Gasteiger partial charge in [0.1, 0.15) is 4.33 Å². The van der Waals surface area contributed by atoms with Crippen LogP contribution in [0, 0.1) is 5.41 Å². The number of hydrogen-bond acceptors (Lipinski definition) is 2. The van der Waals surface area contributed by atoms with Gasteiger partial charge in [-0.25, -0.2) is 4.98 Å². The van der Waals surface area contributed by atoms with E-state index in [1.54, 1.807) is 19.4 Å². The summed E-state index contributed by atoms with van der Waals surface area (Å²) in [6.07, 6.45) is 5.95. The van der Waals surface area contributed by atoms with Crippen molar-refractivity contribution in [1.82, 2.24) is 14.9 Å². The van der Waals surface area contributed by atoms with Gasteiger partial charge in [0.2, 0.25) is 5.91 Å². The minimum Gasteiger partial charge on any atom is -0.351 e. The van der Waals surface area contributed by atoms with E-state index in [0.717, 1.165) is 17.7 Å². The van der Waals surface area contributed by atoms with E-state index in [2.05, 4.69) is 22.4 Å². The van der Waals surface area contributed by atoms with E-state index >= 15 is 0 Å². The first-order valence-electron chi connectivity index (χ1n) is 7.10. The van der Waals surface area contributed by atoms with E-state index in [4.69, 9.17) is 23.2 Å². The van der Waals surface area contributed by atoms with E-state index < -0.39 is 9.75 Å². The lowest BCUT2D eigenvalue weighted by Gasteiger charge is -2.13. The van der Waals surface area contributed by atoms with Gasteiger partial charge in [-0.2, -0.15) is 0 Å². The van der Waals surface area contributed by atoms with Crippen LogP contribution in [0.15, 0.2) is 43.0 Å². The highest BCUT2D eigenvalue weighted by molar-refractivity contribution is 6.53. The van der Waals surface area contributed by atoms with Crippen LogP contribution in [0.1, 0.15) is 24.5 Å². The lowest BCUT2D eigenvalue weighted by Crippen LogP contribution is -2.32. The lowest BCUT2D eigenvalue weighted by molar-refractivity contribution is -0.125. The van der Waals surface area contributed by atoms with Crippen LogP contribution in [0.5, 0.6) is 0 Å². The average Bonchev–Trinajstić information content (AvgIpc) is 2.82. The molecule has 1 aromatic heterocycles. The fourth-order valence-corrected chi connectivity index (χ4v) is 3.16. The largest absolute Gasteiger partial charge is 0.351 e. The molecule has 4 nitrogen and oxygen atoms in total. The fourth-order valence-electron chi connectivity index (χ4n) is 2.45. The summed E-state index contributed by atoms with van der Waals surface area (Å²) in [5.74, 6) is -0.0995. The summed E-state index contributed by atoms with van der Waals surface area (Å²) >= 11 is 12.1. The van der Waals surface area contributed by atoms with Gasteiger partial charge in [-0.3, -0.25) is 4.79 Å². The van der Waals surface area contributed by atoms with Crippen molar-refractivity contribution in [1.29, 1.82) is 0 Å². The minimum absolute atomic E-state index is 0.0995. The number of nitrogens with one attached hydrogen (secondary N) is 1. The molecule has 0 radical (unpaired) electrons. The molecule has 2 aromatic rings. The first-order valence-corrected chi connectivity index (χ1v) is 7.86. The van der Waals surface area contributed by atoms with E-state index in [9.17, 15) is 4.79 Å². The summed E-state index contributed by atoms with van der Waals surface area (Å²) in [7, 11) is 0. The van der Waals surface area contributed by atoms with E-state index in [1.807, 2.05) is 22.9 Å². The fraction of sp³-hybridized carbons (Fsp3) is 0.375. The van der Waals surface area contributed by atoms with Crippen LogP contribution >= 0.6 is 23.2 Å². The first kappa shape index (κ1) is 15.4. The summed E-state index contributed by atoms with van der Waals surface area (Å²) in [4.78, 5) is 16.2. The maximum Gasteiger partial charge on any atom is 0.229 e. The molecule has 0 spiro atoms. The maximum absolute atomic E-state index is 12.2. The molecule has 0 bridgehead atoms. The molecule has 22 heavy (non-hydrogen) atoms. The highest BCUT2D eigenvalue weighted by Crippen LogP contribution is 2.63. The molecule has 1 aliphatic rings. The number of hydrogen-bond donors (Lipinski definition) is 1. The number of carbonyl (C=O) groups excluding carboxylic acids is 1. The van der Waals surface area contributed by atoms with Crippen molar-refractivity contribution in [3.63, 3.8) is 0 Å². The minimum atomic E-state index is -0.930. The Morgan fingerprint density at radius 2 is 2.14 bits per heavy atom. The third-order valence-electron chi connectivity index (χ3n) is 4.13. The summed E-state index contributed by atoms with van der Waals surface area (Å²) in [5, 5.41) is 2.92. The average molecular weight is 338 g/mol. The highest BCUT2D eigenvalue weighted by Gasteiger charge is 2.67. The van der Waals surface area contributed by atoms with Crippen LogP contribution in [0.3, 0.4) is 0 Å². The third kappa shape index (κ3) is 2.99. The Balaban J connectivity index is 1.60. The quantitative estimate of drug-likeness (QED) is 0.852. The summed E-state index contributed by atoms with van der Waals surface area (Å²) in [6, 6.07) is 8.10. The van der Waals surface area contributed by atoms with Gasteiger partial charge in [0, 0.05) is 25.5 Å². The number of aromatic nitrogens is 2. The van der Waals surface area contributed by atoms with Gasteiger partial charge in [0.15, 0.2) is 0 Å². The summed E-state index contributed by atoms with van der Waals surface area (Å²) < 4.78 is 1.07. The number of alkyl halides is 2. The van der Waals surface area contributed by atoms with Gasteiger partial charge in [-0.1, -0.05) is 24.3 Å². The molecule has 1 heterocycles. The van der Waals surface area contributed by atoms with Crippen LogP contribution in [-0.2, 0) is 17.9 Å². The van der Waals surface area contributed by atoms with Gasteiger partial charge in [0.05, 0.1) is 11.7 Å². The van der Waals surface area contributed by atoms with Crippen molar-refractivity contribution >= 4 is 29.1 Å². The number of rotatable bonds is 5. The highest BCUT2D eigenvalue weighted by atomic mass is 35.5. The molecule has 116 valence electrons. The Labute approximate surface area is 139 Å². The van der Waals surface area contributed by atoms with Crippen LogP contribution in [0.25, 0.3) is 0 Å². The predicted octanol–water partition coefficient (Wildman–Crippen LogP) is 3.13. The number of halogens is 2. The maximum atomic E-state index is 12.2. The van der Waals surface area contributed by atoms with E-state index in [-0.39, 0.29) is 5.91 Å². The molecule has 1 aliphatic carbocycles. The number of benzene rings is 1. The SMILES string of the molecule is C[C@@]1(C(=O)NCc2cccc(Cn3ccnc3)c2)CC1(Cl)Cl. The Bertz CT molecular complexity index is 684. The monoisotopic (exact) mass is 337 g/mol. The van der Waals surface area contributed by atoms with Gasteiger partial charge in [-0.05, 0) is 24.5 Å². The standard InChI is InChI=1S/C16H17Cl2N3O/c1-15(10-16(15,17)18)14(22)20-8-12-3-2-4-13(7-12)9-21-6-5-19-11-21/h2-7,11H,8-10H2,1H3,(H,20,22)/t15-/m0/s1. The van der Waals surface area contributed by atoms with Gasteiger partial charge in [0.25, 0.3) is 0 Å². The van der Waals surface area contributed by atoms with Crippen LogP contribution in [-0.4, -0.2) is 19.8 Å². The molecule has 0 unspecified atom stereocenters. The van der Waals surface area contributed by atoms with Crippen molar-refractivity contribution in [3.8, 4) is 0 Å². The molecular weight excluding hydrogens is 321 g/mol. The van der Waals surface area contributed by atoms with Crippen LogP contribution in [0.4, 0.5) is 0 Å². The second-order valence-corrected chi connectivity index (χ2v) is 7.43. The molecule has 1 amide bonds. The van der Waals surface area contributed by atoms with Gasteiger partial charge in [-0.15, -0.1) is 23.2 Å². The Kier molecular flexibility index (Phi) is 3.91. The zero-order chi connectivity index (χ0) is 15.8. The molecule has 1 saturated carbocycles. The summed E-state index contributed by atoms with van der Waals surface area (Å²) in [6.45, 7) is 3.01. The van der Waals surface area contributed by atoms with Gasteiger partial charge < -0.3 is 9.88 Å². The number of carbonyl (C=O) groups is 1. The molecule has 1 aromatic carbocycles. The molecular formula is C16H17Cl2N3O. The lowest BCUT2D eigenvalue weighted by atomic mass is 10.1. The van der Waals surface area contributed by atoms with Crippen LogP contribution < -0.4 is 5.32 Å². The number of nitrogens with zero attached hydrogens (tertiary/aromatic N) is 2. The van der Waals surface area contributed by atoms with Gasteiger partial charge >= 0.3 is 0 Å². The van der Waals surface area contributed by atoms with Crippen molar-refractivity contribution in [2.24, 2.45) is 5.41 Å². The van der Waals surface area contributed by atoms with Crippen LogP contribution in [0.2, 0.25) is 0 Å².